The number of rotatable bonds is 7. The number of nitrogens with one attached hydrogen (secondary N) is 2. The summed E-state index contributed by atoms with van der Waals surface area (Å²) in [7, 11) is -4.17. The number of halogens is 7. The van der Waals surface area contributed by atoms with Gasteiger partial charge in [0.2, 0.25) is 0 Å². The molecular formula is C25H21F7N2O2S. The normalized spacial score (nSPS) is 13.1. The van der Waals surface area contributed by atoms with E-state index in [1.807, 2.05) is 0 Å². The van der Waals surface area contributed by atoms with Gasteiger partial charge >= 0.3 is 17.4 Å². The Labute approximate surface area is 209 Å². The van der Waals surface area contributed by atoms with Crippen molar-refractivity contribution >= 4 is 33.2 Å². The lowest BCUT2D eigenvalue weighted by molar-refractivity contribution is -0.331. The summed E-state index contributed by atoms with van der Waals surface area (Å²) in [4.78, 5) is 24.7. The first-order valence-corrected chi connectivity index (χ1v) is 13.0. The van der Waals surface area contributed by atoms with Crippen LogP contribution in [-0.4, -0.2) is 41.7 Å². The van der Waals surface area contributed by atoms with Gasteiger partial charge in [0.15, 0.2) is 0 Å². The van der Waals surface area contributed by atoms with Crippen LogP contribution in [0.2, 0.25) is 0 Å². The SMILES string of the molecule is CS(C)(c1ccccc1NC(=O)c1cccc(NC(=O)c2ccccc2)c1)C(F)(F)C(F)(F)C(F)(F)F. The van der Waals surface area contributed by atoms with Crippen LogP contribution in [0.3, 0.4) is 0 Å². The van der Waals surface area contributed by atoms with Crippen molar-refractivity contribution in [3.63, 3.8) is 0 Å². The molecule has 12 heteroatoms. The van der Waals surface area contributed by atoms with Crippen LogP contribution in [0.4, 0.5) is 42.1 Å². The van der Waals surface area contributed by atoms with E-state index >= 15 is 0 Å². The third-order valence-corrected chi connectivity index (χ3v) is 8.46. The summed E-state index contributed by atoms with van der Waals surface area (Å²) in [6.45, 7) is 0. The van der Waals surface area contributed by atoms with E-state index in [2.05, 4.69) is 10.6 Å². The van der Waals surface area contributed by atoms with Gasteiger partial charge in [0, 0.05) is 21.7 Å². The minimum absolute atomic E-state index is 0.0270. The predicted octanol–water partition coefficient (Wildman–Crippen LogP) is 7.40. The Morgan fingerprint density at radius 3 is 1.84 bits per heavy atom. The van der Waals surface area contributed by atoms with Gasteiger partial charge in [0.1, 0.15) is 0 Å². The van der Waals surface area contributed by atoms with Gasteiger partial charge in [-0.2, -0.15) is 30.7 Å². The molecule has 0 spiro atoms. The van der Waals surface area contributed by atoms with Crippen LogP contribution in [0, 0.1) is 0 Å². The zero-order valence-electron chi connectivity index (χ0n) is 19.4. The highest BCUT2D eigenvalue weighted by atomic mass is 32.3. The van der Waals surface area contributed by atoms with Crippen LogP contribution in [0.5, 0.6) is 0 Å². The van der Waals surface area contributed by atoms with Crippen molar-refractivity contribution in [2.45, 2.75) is 22.2 Å². The van der Waals surface area contributed by atoms with E-state index in [1.54, 1.807) is 30.3 Å². The number of hydrogen-bond acceptors (Lipinski definition) is 2. The molecule has 0 atom stereocenters. The van der Waals surface area contributed by atoms with Gasteiger partial charge in [-0.25, -0.2) is 0 Å². The number of amides is 2. The number of alkyl halides is 7. The summed E-state index contributed by atoms with van der Waals surface area (Å²) in [5.41, 5.74) is 0.217. The molecule has 3 rings (SSSR count). The molecule has 0 unspecified atom stereocenters. The van der Waals surface area contributed by atoms with Gasteiger partial charge in [0.05, 0.1) is 5.69 Å². The number of benzene rings is 3. The van der Waals surface area contributed by atoms with Crippen molar-refractivity contribution in [1.82, 2.24) is 0 Å². The van der Waals surface area contributed by atoms with Gasteiger partial charge in [-0.05, 0) is 55.0 Å². The van der Waals surface area contributed by atoms with E-state index in [0.717, 1.165) is 12.1 Å². The average molecular weight is 547 g/mol. The molecule has 0 aromatic heterocycles. The van der Waals surface area contributed by atoms with Crippen molar-refractivity contribution in [3.05, 3.63) is 90.0 Å². The lowest BCUT2D eigenvalue weighted by atomic mass is 10.1. The summed E-state index contributed by atoms with van der Waals surface area (Å²) in [6, 6.07) is 18.4. The molecule has 0 saturated heterocycles. The molecule has 0 aliphatic heterocycles. The highest BCUT2D eigenvalue weighted by Crippen LogP contribution is 2.70. The molecule has 2 amide bonds. The molecule has 3 aromatic carbocycles. The molecule has 0 radical (unpaired) electrons. The monoisotopic (exact) mass is 546 g/mol. The van der Waals surface area contributed by atoms with Crippen molar-refractivity contribution in [2.75, 3.05) is 23.1 Å². The van der Waals surface area contributed by atoms with Crippen molar-refractivity contribution in [1.29, 1.82) is 0 Å². The first-order valence-electron chi connectivity index (χ1n) is 10.5. The Kier molecular flexibility index (Phi) is 7.64. The second kappa shape index (κ2) is 10.1. The Morgan fingerprint density at radius 2 is 1.22 bits per heavy atom. The second-order valence-electron chi connectivity index (χ2n) is 8.27. The van der Waals surface area contributed by atoms with E-state index < -0.39 is 44.1 Å². The maximum absolute atomic E-state index is 14.7. The quantitative estimate of drug-likeness (QED) is 0.304. The number of carbonyl (C=O) groups is 2. The Balaban J connectivity index is 1.89. The van der Waals surface area contributed by atoms with E-state index in [4.69, 9.17) is 0 Å². The molecule has 0 aliphatic rings. The number of carbonyl (C=O) groups excluding carboxylic acids is 2. The first kappa shape index (κ1) is 28.0. The Hall–Kier alpha value is -3.54. The maximum atomic E-state index is 14.7. The summed E-state index contributed by atoms with van der Waals surface area (Å²) in [5.74, 6) is -7.62. The third-order valence-electron chi connectivity index (χ3n) is 5.47. The largest absolute Gasteiger partial charge is 0.460 e. The minimum Gasteiger partial charge on any atom is -0.322 e. The van der Waals surface area contributed by atoms with E-state index in [1.165, 1.54) is 36.4 Å². The molecule has 0 heterocycles. The van der Waals surface area contributed by atoms with Crippen molar-refractivity contribution < 1.29 is 40.3 Å². The van der Waals surface area contributed by atoms with Crippen LogP contribution < -0.4 is 10.6 Å². The topological polar surface area (TPSA) is 58.2 Å². The number of hydrogen-bond donors (Lipinski definition) is 2. The van der Waals surface area contributed by atoms with Gasteiger partial charge in [-0.3, -0.25) is 9.59 Å². The zero-order valence-corrected chi connectivity index (χ0v) is 20.2. The highest BCUT2D eigenvalue weighted by Gasteiger charge is 2.76. The van der Waals surface area contributed by atoms with Crippen molar-refractivity contribution in [2.24, 2.45) is 0 Å². The molecule has 0 saturated carbocycles. The standard InChI is InChI=1S/C25H21F7N2O2S/c1-37(2,25(31,32)23(26,27)24(28,29)30)20-14-7-6-13-19(20)34-22(36)17-11-8-12-18(15-17)33-21(35)16-9-4-3-5-10-16/h3-15H,1-2H3,(H,33,35)(H,34,36). The smallest absolute Gasteiger partial charge is 0.322 e. The number of para-hydroxylation sites is 1. The molecule has 4 nitrogen and oxygen atoms in total. The lowest BCUT2D eigenvalue weighted by Crippen LogP contribution is -2.54. The van der Waals surface area contributed by atoms with Crippen LogP contribution in [0.25, 0.3) is 0 Å². The maximum Gasteiger partial charge on any atom is 0.460 e. The third kappa shape index (κ3) is 5.43. The van der Waals surface area contributed by atoms with Crippen LogP contribution in [-0.2, 0) is 0 Å². The van der Waals surface area contributed by atoms with Crippen LogP contribution in [0.15, 0.2) is 83.8 Å². The Bertz CT molecular complexity index is 1300. The van der Waals surface area contributed by atoms with Crippen LogP contribution in [0.1, 0.15) is 20.7 Å². The Morgan fingerprint density at radius 1 is 0.676 bits per heavy atom. The summed E-state index contributed by atoms with van der Waals surface area (Å²) < 4.78 is 95.6. The average Bonchev–Trinajstić information content (AvgIpc) is 2.84. The summed E-state index contributed by atoms with van der Waals surface area (Å²) in [5, 5.41) is -0.569. The molecule has 0 fully saturated rings. The molecule has 198 valence electrons. The van der Waals surface area contributed by atoms with Gasteiger partial charge in [0.25, 0.3) is 11.8 Å². The molecule has 0 aliphatic carbocycles. The van der Waals surface area contributed by atoms with Gasteiger partial charge in [-0.1, -0.05) is 36.4 Å². The van der Waals surface area contributed by atoms with E-state index in [0.29, 0.717) is 18.1 Å². The minimum atomic E-state index is -6.48. The molecule has 2 N–H and O–H groups in total. The van der Waals surface area contributed by atoms with E-state index in [-0.39, 0.29) is 16.9 Å². The van der Waals surface area contributed by atoms with Crippen molar-refractivity contribution in [3.8, 4) is 0 Å². The highest BCUT2D eigenvalue weighted by molar-refractivity contribution is 8.33. The molecular weight excluding hydrogens is 525 g/mol. The summed E-state index contributed by atoms with van der Waals surface area (Å²) >= 11 is 0. The predicted molar refractivity (Wildman–Crippen MR) is 129 cm³/mol. The fraction of sp³-hybridized carbons (Fsp3) is 0.200. The van der Waals surface area contributed by atoms with E-state index in [9.17, 15) is 40.3 Å². The zero-order chi connectivity index (χ0) is 27.6. The molecule has 3 aromatic rings. The number of anilines is 2. The summed E-state index contributed by atoms with van der Waals surface area (Å²) in [6.07, 6.45) is -5.24. The second-order valence-corrected chi connectivity index (χ2v) is 11.9. The van der Waals surface area contributed by atoms with Gasteiger partial charge < -0.3 is 10.6 Å². The first-order chi connectivity index (χ1) is 17.1. The molecule has 0 bridgehead atoms. The van der Waals surface area contributed by atoms with Gasteiger partial charge in [-0.15, -0.1) is 10.0 Å². The molecule has 37 heavy (non-hydrogen) atoms. The fourth-order valence-electron chi connectivity index (χ4n) is 3.36. The van der Waals surface area contributed by atoms with Crippen LogP contribution >= 0.6 is 10.0 Å². The lowest BCUT2D eigenvalue weighted by Gasteiger charge is -2.44. The fourth-order valence-corrected chi connectivity index (χ4v) is 5.48.